The molecule has 2 N–H and O–H groups in total. The van der Waals surface area contributed by atoms with Crippen LogP contribution in [0.3, 0.4) is 0 Å². The van der Waals surface area contributed by atoms with Gasteiger partial charge < -0.3 is 15.2 Å². The van der Waals surface area contributed by atoms with Crippen LogP contribution in [-0.2, 0) is 11.2 Å². The Kier molecular flexibility index (Phi) is 5.49. The van der Waals surface area contributed by atoms with Crippen molar-refractivity contribution in [2.75, 3.05) is 13.2 Å². The van der Waals surface area contributed by atoms with Gasteiger partial charge in [-0.05, 0) is 37.6 Å². The minimum Gasteiger partial charge on any atom is -0.490 e. The second-order valence-corrected chi connectivity index (χ2v) is 3.58. The Hall–Kier alpha value is -1.55. The van der Waals surface area contributed by atoms with Crippen molar-refractivity contribution < 1.29 is 14.3 Å². The average Bonchev–Trinajstić information content (AvgIpc) is 2.33. The summed E-state index contributed by atoms with van der Waals surface area (Å²) in [5.41, 5.74) is 6.57. The monoisotopic (exact) mass is 237 g/mol. The van der Waals surface area contributed by atoms with E-state index in [-0.39, 0.29) is 5.97 Å². The number of benzene rings is 1. The van der Waals surface area contributed by atoms with Crippen LogP contribution >= 0.6 is 0 Å². The number of carbonyl (C=O) groups is 1. The Morgan fingerprint density at radius 1 is 1.29 bits per heavy atom. The Balaban J connectivity index is 2.90. The Morgan fingerprint density at radius 2 is 2.06 bits per heavy atom. The second-order valence-electron chi connectivity index (χ2n) is 3.58. The maximum absolute atomic E-state index is 11.3. The standard InChI is InChI=1S/C13H19NO3/c1-3-13(15)17-11-6-5-10(7-8-14)9-12(11)16-4-2/h5-6,9H,3-4,7-8,14H2,1-2H3. The molecular weight excluding hydrogens is 218 g/mol. The minimum absolute atomic E-state index is 0.266. The highest BCUT2D eigenvalue weighted by Crippen LogP contribution is 2.29. The van der Waals surface area contributed by atoms with Gasteiger partial charge in [-0.1, -0.05) is 13.0 Å². The number of nitrogens with two attached hydrogens (primary N) is 1. The van der Waals surface area contributed by atoms with Gasteiger partial charge in [0.05, 0.1) is 6.61 Å². The molecule has 0 atom stereocenters. The first-order valence-corrected chi connectivity index (χ1v) is 5.87. The van der Waals surface area contributed by atoms with Crippen LogP contribution in [0, 0.1) is 0 Å². The van der Waals surface area contributed by atoms with E-state index in [2.05, 4.69) is 0 Å². The highest BCUT2D eigenvalue weighted by Gasteiger charge is 2.09. The molecule has 0 radical (unpaired) electrons. The Labute approximate surface area is 102 Å². The lowest BCUT2D eigenvalue weighted by Crippen LogP contribution is -2.08. The largest absolute Gasteiger partial charge is 0.490 e. The van der Waals surface area contributed by atoms with Gasteiger partial charge in [0.25, 0.3) is 0 Å². The third-order valence-electron chi connectivity index (χ3n) is 2.25. The van der Waals surface area contributed by atoms with Crippen molar-refractivity contribution in [3.63, 3.8) is 0 Å². The summed E-state index contributed by atoms with van der Waals surface area (Å²) in [7, 11) is 0. The summed E-state index contributed by atoms with van der Waals surface area (Å²) >= 11 is 0. The van der Waals surface area contributed by atoms with Crippen LogP contribution < -0.4 is 15.2 Å². The maximum atomic E-state index is 11.3. The zero-order valence-electron chi connectivity index (χ0n) is 10.4. The van der Waals surface area contributed by atoms with Crippen LogP contribution in [0.25, 0.3) is 0 Å². The van der Waals surface area contributed by atoms with Crippen molar-refractivity contribution in [2.24, 2.45) is 5.73 Å². The lowest BCUT2D eigenvalue weighted by atomic mass is 10.1. The zero-order valence-corrected chi connectivity index (χ0v) is 10.4. The molecule has 17 heavy (non-hydrogen) atoms. The van der Waals surface area contributed by atoms with E-state index in [1.807, 2.05) is 19.1 Å². The molecule has 0 aliphatic rings. The van der Waals surface area contributed by atoms with Crippen LogP contribution in [0.1, 0.15) is 25.8 Å². The van der Waals surface area contributed by atoms with E-state index in [0.717, 1.165) is 12.0 Å². The summed E-state index contributed by atoms with van der Waals surface area (Å²) in [5, 5.41) is 0. The van der Waals surface area contributed by atoms with Crippen LogP contribution in [0.15, 0.2) is 18.2 Å². The third-order valence-corrected chi connectivity index (χ3v) is 2.25. The van der Waals surface area contributed by atoms with Gasteiger partial charge in [-0.2, -0.15) is 0 Å². The van der Waals surface area contributed by atoms with Crippen LogP contribution in [-0.4, -0.2) is 19.1 Å². The summed E-state index contributed by atoms with van der Waals surface area (Å²) in [5.74, 6) is 0.803. The van der Waals surface area contributed by atoms with Gasteiger partial charge >= 0.3 is 5.97 Å². The number of ether oxygens (including phenoxy) is 2. The normalized spacial score (nSPS) is 10.1. The van der Waals surface area contributed by atoms with Crippen molar-refractivity contribution in [1.82, 2.24) is 0 Å². The van der Waals surface area contributed by atoms with Crippen LogP contribution in [0.4, 0.5) is 0 Å². The first kappa shape index (κ1) is 13.5. The van der Waals surface area contributed by atoms with Gasteiger partial charge in [0.15, 0.2) is 11.5 Å². The molecule has 0 unspecified atom stereocenters. The van der Waals surface area contributed by atoms with E-state index >= 15 is 0 Å². The van der Waals surface area contributed by atoms with E-state index in [1.165, 1.54) is 0 Å². The number of carbonyl (C=O) groups excluding carboxylic acids is 1. The summed E-state index contributed by atoms with van der Waals surface area (Å²) in [4.78, 5) is 11.3. The fourth-order valence-corrected chi connectivity index (χ4v) is 1.42. The Bertz CT molecular complexity index is 377. The fourth-order valence-electron chi connectivity index (χ4n) is 1.42. The van der Waals surface area contributed by atoms with Crippen molar-refractivity contribution >= 4 is 5.97 Å². The molecule has 0 heterocycles. The van der Waals surface area contributed by atoms with Crippen LogP contribution in [0.5, 0.6) is 11.5 Å². The lowest BCUT2D eigenvalue weighted by Gasteiger charge is -2.11. The molecule has 0 aliphatic carbocycles. The molecule has 0 aromatic heterocycles. The van der Waals surface area contributed by atoms with Crippen molar-refractivity contribution in [3.8, 4) is 11.5 Å². The minimum atomic E-state index is -0.266. The molecule has 0 saturated heterocycles. The molecule has 1 aromatic carbocycles. The zero-order chi connectivity index (χ0) is 12.7. The average molecular weight is 237 g/mol. The van der Waals surface area contributed by atoms with Gasteiger partial charge in [-0.25, -0.2) is 0 Å². The molecule has 0 aliphatic heterocycles. The fraction of sp³-hybridized carbons (Fsp3) is 0.462. The Morgan fingerprint density at radius 3 is 2.65 bits per heavy atom. The topological polar surface area (TPSA) is 61.6 Å². The van der Waals surface area contributed by atoms with Gasteiger partial charge in [0.2, 0.25) is 0 Å². The molecule has 0 fully saturated rings. The van der Waals surface area contributed by atoms with E-state index < -0.39 is 0 Å². The number of esters is 1. The van der Waals surface area contributed by atoms with Crippen molar-refractivity contribution in [1.29, 1.82) is 0 Å². The summed E-state index contributed by atoms with van der Waals surface area (Å²) < 4.78 is 10.6. The van der Waals surface area contributed by atoms with Crippen LogP contribution in [0.2, 0.25) is 0 Å². The van der Waals surface area contributed by atoms with Gasteiger partial charge in [-0.15, -0.1) is 0 Å². The molecule has 0 saturated carbocycles. The molecule has 4 heteroatoms. The van der Waals surface area contributed by atoms with Crippen molar-refractivity contribution in [2.45, 2.75) is 26.7 Å². The summed E-state index contributed by atoms with van der Waals surface area (Å²) in [6, 6.07) is 5.52. The first-order chi connectivity index (χ1) is 8.21. The molecular formula is C13H19NO3. The van der Waals surface area contributed by atoms with Gasteiger partial charge in [0.1, 0.15) is 0 Å². The molecule has 1 rings (SSSR count). The molecule has 94 valence electrons. The molecule has 0 bridgehead atoms. The summed E-state index contributed by atoms with van der Waals surface area (Å²) in [6.45, 7) is 4.76. The van der Waals surface area contributed by atoms with E-state index in [1.54, 1.807) is 13.0 Å². The predicted octanol–water partition coefficient (Wildman–Crippen LogP) is 1.90. The molecule has 0 amide bonds. The molecule has 4 nitrogen and oxygen atoms in total. The molecule has 1 aromatic rings. The number of rotatable bonds is 6. The number of hydrogen-bond acceptors (Lipinski definition) is 4. The molecule has 0 spiro atoms. The predicted molar refractivity (Wildman–Crippen MR) is 66.3 cm³/mol. The van der Waals surface area contributed by atoms with E-state index in [4.69, 9.17) is 15.2 Å². The number of hydrogen-bond donors (Lipinski definition) is 1. The smallest absolute Gasteiger partial charge is 0.311 e. The third kappa shape index (κ3) is 4.07. The highest BCUT2D eigenvalue weighted by molar-refractivity contribution is 5.72. The lowest BCUT2D eigenvalue weighted by molar-refractivity contribution is -0.134. The second kappa shape index (κ2) is 6.91. The maximum Gasteiger partial charge on any atom is 0.311 e. The van der Waals surface area contributed by atoms with Gasteiger partial charge in [0, 0.05) is 6.42 Å². The van der Waals surface area contributed by atoms with Crippen molar-refractivity contribution in [3.05, 3.63) is 23.8 Å². The summed E-state index contributed by atoms with van der Waals surface area (Å²) in [6.07, 6.45) is 1.12. The quantitative estimate of drug-likeness (QED) is 0.606. The first-order valence-electron chi connectivity index (χ1n) is 5.87. The van der Waals surface area contributed by atoms with Gasteiger partial charge in [-0.3, -0.25) is 4.79 Å². The van der Waals surface area contributed by atoms with E-state index in [9.17, 15) is 4.79 Å². The highest BCUT2D eigenvalue weighted by atomic mass is 16.6. The van der Waals surface area contributed by atoms with E-state index in [0.29, 0.717) is 31.1 Å². The SMILES string of the molecule is CCOc1cc(CCN)ccc1OC(=O)CC.